The number of aryl methyl sites for hydroxylation is 2. The van der Waals surface area contributed by atoms with E-state index in [0.29, 0.717) is 0 Å². The lowest BCUT2D eigenvalue weighted by Gasteiger charge is -2.10. The third kappa shape index (κ3) is 3.27. The van der Waals surface area contributed by atoms with Crippen LogP contribution < -0.4 is 10.1 Å². The van der Waals surface area contributed by atoms with Gasteiger partial charge in [-0.1, -0.05) is 24.3 Å². The first-order chi connectivity index (χ1) is 11.6. The van der Waals surface area contributed by atoms with Crippen LogP contribution in [0.15, 0.2) is 48.7 Å². The second kappa shape index (κ2) is 6.79. The van der Waals surface area contributed by atoms with Crippen LogP contribution in [0.5, 0.6) is 5.75 Å². The second-order valence-corrected chi connectivity index (χ2v) is 6.03. The molecule has 0 spiro atoms. The summed E-state index contributed by atoms with van der Waals surface area (Å²) in [5, 5.41) is 3.39. The first-order valence-corrected chi connectivity index (χ1v) is 8.04. The molecule has 0 atom stereocenters. The summed E-state index contributed by atoms with van der Waals surface area (Å²) in [6, 6.07) is 14.6. The fraction of sp³-hybridized carbons (Fsp3) is 0.250. The number of anilines is 1. The quantitative estimate of drug-likeness (QED) is 0.760. The summed E-state index contributed by atoms with van der Waals surface area (Å²) >= 11 is 0. The maximum absolute atomic E-state index is 5.18. The molecule has 0 unspecified atom stereocenters. The molecule has 3 rings (SSSR count). The lowest BCUT2D eigenvalue weighted by atomic mass is 10.0. The predicted molar refractivity (Wildman–Crippen MR) is 98.4 cm³/mol. The van der Waals surface area contributed by atoms with Gasteiger partial charge in [-0.15, -0.1) is 0 Å². The molecule has 124 valence electrons. The standard InChI is InChI=1S/C20H23N3O/c1-14-5-8-17(11-15(14)2)19-13-22-20(23(19)3)21-12-16-6-9-18(24-4)10-7-16/h5-11,13H,12H2,1-4H3,(H,21,22). The molecule has 1 heterocycles. The molecule has 24 heavy (non-hydrogen) atoms. The van der Waals surface area contributed by atoms with Crippen molar-refractivity contribution in [3.8, 4) is 17.0 Å². The molecule has 0 fully saturated rings. The van der Waals surface area contributed by atoms with E-state index in [1.54, 1.807) is 7.11 Å². The minimum absolute atomic E-state index is 0.723. The van der Waals surface area contributed by atoms with E-state index in [-0.39, 0.29) is 0 Å². The Bertz CT molecular complexity index is 835. The van der Waals surface area contributed by atoms with Crippen molar-refractivity contribution >= 4 is 5.95 Å². The summed E-state index contributed by atoms with van der Waals surface area (Å²) in [7, 11) is 3.71. The highest BCUT2D eigenvalue weighted by atomic mass is 16.5. The van der Waals surface area contributed by atoms with Crippen molar-refractivity contribution in [3.63, 3.8) is 0 Å². The lowest BCUT2D eigenvalue weighted by molar-refractivity contribution is 0.414. The van der Waals surface area contributed by atoms with Crippen LogP contribution in [0.25, 0.3) is 11.3 Å². The maximum Gasteiger partial charge on any atom is 0.203 e. The van der Waals surface area contributed by atoms with Crippen LogP contribution in [0.1, 0.15) is 16.7 Å². The monoisotopic (exact) mass is 321 g/mol. The van der Waals surface area contributed by atoms with Crippen molar-refractivity contribution in [2.75, 3.05) is 12.4 Å². The molecule has 0 amide bonds. The van der Waals surface area contributed by atoms with Crippen LogP contribution in [0.2, 0.25) is 0 Å². The molecule has 0 aliphatic rings. The van der Waals surface area contributed by atoms with Crippen LogP contribution in [-0.2, 0) is 13.6 Å². The van der Waals surface area contributed by atoms with Gasteiger partial charge in [0.25, 0.3) is 0 Å². The van der Waals surface area contributed by atoms with Crippen molar-refractivity contribution in [3.05, 3.63) is 65.4 Å². The number of nitrogens with zero attached hydrogens (tertiary/aromatic N) is 2. The largest absolute Gasteiger partial charge is 0.497 e. The van der Waals surface area contributed by atoms with Crippen molar-refractivity contribution in [2.45, 2.75) is 20.4 Å². The van der Waals surface area contributed by atoms with Crippen molar-refractivity contribution in [1.29, 1.82) is 0 Å². The molecule has 1 N–H and O–H groups in total. The Morgan fingerprint density at radius 3 is 2.46 bits per heavy atom. The van der Waals surface area contributed by atoms with Gasteiger partial charge in [0.2, 0.25) is 5.95 Å². The van der Waals surface area contributed by atoms with Crippen LogP contribution >= 0.6 is 0 Å². The zero-order chi connectivity index (χ0) is 17.1. The molecule has 0 radical (unpaired) electrons. The highest BCUT2D eigenvalue weighted by Gasteiger charge is 2.09. The van der Waals surface area contributed by atoms with Crippen LogP contribution in [0.4, 0.5) is 5.95 Å². The fourth-order valence-electron chi connectivity index (χ4n) is 2.67. The number of hydrogen-bond donors (Lipinski definition) is 1. The Morgan fingerprint density at radius 1 is 1.04 bits per heavy atom. The Kier molecular flexibility index (Phi) is 4.56. The molecule has 1 aromatic heterocycles. The first-order valence-electron chi connectivity index (χ1n) is 8.04. The molecule has 4 nitrogen and oxygen atoms in total. The molecule has 4 heteroatoms. The number of methoxy groups -OCH3 is 1. The van der Waals surface area contributed by atoms with Gasteiger partial charge in [-0.3, -0.25) is 0 Å². The van der Waals surface area contributed by atoms with E-state index in [9.17, 15) is 0 Å². The van der Waals surface area contributed by atoms with Crippen molar-refractivity contribution in [1.82, 2.24) is 9.55 Å². The van der Waals surface area contributed by atoms with Gasteiger partial charge in [-0.25, -0.2) is 4.98 Å². The molecular formula is C20H23N3O. The lowest BCUT2D eigenvalue weighted by Crippen LogP contribution is -2.05. The van der Waals surface area contributed by atoms with Crippen LogP contribution in [0.3, 0.4) is 0 Å². The van der Waals surface area contributed by atoms with E-state index in [4.69, 9.17) is 4.74 Å². The summed E-state index contributed by atoms with van der Waals surface area (Å²) in [6.45, 7) is 4.99. The zero-order valence-corrected chi connectivity index (χ0v) is 14.6. The molecule has 0 saturated heterocycles. The molecule has 0 bridgehead atoms. The van der Waals surface area contributed by atoms with Crippen molar-refractivity contribution < 1.29 is 4.74 Å². The van der Waals surface area contributed by atoms with Gasteiger partial charge < -0.3 is 14.6 Å². The van der Waals surface area contributed by atoms with Gasteiger partial charge in [0.15, 0.2) is 0 Å². The Balaban J connectivity index is 1.75. The average Bonchev–Trinajstić information content (AvgIpc) is 2.97. The molecular weight excluding hydrogens is 298 g/mol. The number of rotatable bonds is 5. The molecule has 3 aromatic rings. The highest BCUT2D eigenvalue weighted by molar-refractivity contribution is 5.63. The number of aromatic nitrogens is 2. The summed E-state index contributed by atoms with van der Waals surface area (Å²) in [5.74, 6) is 1.73. The minimum atomic E-state index is 0.723. The van der Waals surface area contributed by atoms with E-state index in [2.05, 4.69) is 59.0 Å². The van der Waals surface area contributed by atoms with E-state index in [1.165, 1.54) is 22.3 Å². The maximum atomic E-state index is 5.18. The van der Waals surface area contributed by atoms with Gasteiger partial charge in [-0.05, 0) is 48.7 Å². The van der Waals surface area contributed by atoms with Gasteiger partial charge in [-0.2, -0.15) is 0 Å². The van der Waals surface area contributed by atoms with Crippen LogP contribution in [0, 0.1) is 13.8 Å². The molecule has 2 aromatic carbocycles. The smallest absolute Gasteiger partial charge is 0.203 e. The minimum Gasteiger partial charge on any atom is -0.497 e. The predicted octanol–water partition coefficient (Wildman–Crippen LogP) is 4.32. The third-order valence-corrected chi connectivity index (χ3v) is 4.40. The summed E-state index contributed by atoms with van der Waals surface area (Å²) in [5.41, 5.74) is 6.08. The average molecular weight is 321 g/mol. The number of hydrogen-bond acceptors (Lipinski definition) is 3. The third-order valence-electron chi connectivity index (χ3n) is 4.40. The molecule has 0 saturated carbocycles. The fourth-order valence-corrected chi connectivity index (χ4v) is 2.67. The van der Waals surface area contributed by atoms with Gasteiger partial charge in [0, 0.05) is 19.2 Å². The van der Waals surface area contributed by atoms with E-state index in [0.717, 1.165) is 23.9 Å². The zero-order valence-electron chi connectivity index (χ0n) is 14.6. The molecule has 0 aliphatic heterocycles. The topological polar surface area (TPSA) is 39.1 Å². The van der Waals surface area contributed by atoms with Gasteiger partial charge >= 0.3 is 0 Å². The van der Waals surface area contributed by atoms with E-state index < -0.39 is 0 Å². The number of ether oxygens (including phenoxy) is 1. The summed E-state index contributed by atoms with van der Waals surface area (Å²) in [4.78, 5) is 4.52. The van der Waals surface area contributed by atoms with Crippen molar-refractivity contribution in [2.24, 2.45) is 7.05 Å². The second-order valence-electron chi connectivity index (χ2n) is 6.03. The number of benzene rings is 2. The Morgan fingerprint density at radius 2 is 1.79 bits per heavy atom. The molecule has 0 aliphatic carbocycles. The van der Waals surface area contributed by atoms with E-state index >= 15 is 0 Å². The SMILES string of the molecule is COc1ccc(CNc2ncc(-c3ccc(C)c(C)c3)n2C)cc1. The van der Waals surface area contributed by atoms with Gasteiger partial charge in [0.05, 0.1) is 19.0 Å². The highest BCUT2D eigenvalue weighted by Crippen LogP contribution is 2.24. The van der Waals surface area contributed by atoms with E-state index in [1.807, 2.05) is 25.4 Å². The normalized spacial score (nSPS) is 10.7. The van der Waals surface area contributed by atoms with Crippen LogP contribution in [-0.4, -0.2) is 16.7 Å². The summed E-state index contributed by atoms with van der Waals surface area (Å²) in [6.07, 6.45) is 1.92. The first kappa shape index (κ1) is 16.1. The van der Waals surface area contributed by atoms with Gasteiger partial charge in [0.1, 0.15) is 5.75 Å². The number of nitrogens with one attached hydrogen (secondary N) is 1. The Hall–Kier alpha value is -2.75. The summed E-state index contributed by atoms with van der Waals surface area (Å²) < 4.78 is 7.28. The number of imidazole rings is 1. The Labute approximate surface area is 143 Å².